The van der Waals surface area contributed by atoms with Crippen molar-refractivity contribution >= 4 is 22.7 Å². The van der Waals surface area contributed by atoms with Crippen LogP contribution in [0.4, 0.5) is 13.2 Å². The first-order valence-corrected chi connectivity index (χ1v) is 11.4. The molecule has 10 nitrogen and oxygen atoms in total. The van der Waals surface area contributed by atoms with Crippen molar-refractivity contribution < 1.29 is 37.3 Å². The molecule has 194 valence electrons. The average molecular weight is 509 g/mol. The summed E-state index contributed by atoms with van der Waals surface area (Å²) in [7, 11) is 1.48. The number of amides is 2. The summed E-state index contributed by atoms with van der Waals surface area (Å²) in [6, 6.07) is 6.50. The molecule has 1 unspecified atom stereocenters. The van der Waals surface area contributed by atoms with Crippen LogP contribution < -0.4 is 15.4 Å². The first-order valence-electron chi connectivity index (χ1n) is 11.4. The van der Waals surface area contributed by atoms with Crippen LogP contribution in [0.1, 0.15) is 31.2 Å². The molecule has 2 aliphatic heterocycles. The Hall–Kier alpha value is -3.34. The van der Waals surface area contributed by atoms with Crippen LogP contribution in [0.5, 0.6) is 5.75 Å². The second kappa shape index (κ2) is 10.3. The summed E-state index contributed by atoms with van der Waals surface area (Å²) >= 11 is 0. The van der Waals surface area contributed by atoms with Crippen molar-refractivity contribution in [3.63, 3.8) is 0 Å². The van der Waals surface area contributed by atoms with Crippen molar-refractivity contribution in [2.45, 2.75) is 50.0 Å². The van der Waals surface area contributed by atoms with Crippen LogP contribution in [0, 0.1) is 17.2 Å². The minimum Gasteiger partial charge on any atom is -0.496 e. The predicted molar refractivity (Wildman–Crippen MR) is 119 cm³/mol. The molecule has 0 radical (unpaired) electrons. The number of nitrogens with zero attached hydrogens (tertiary/aromatic N) is 2. The standard InChI is InChI=1S/C23H26F3N5O5/c1-35-19-4-2-3-16-15(19)9-17(30-16)22(34)31-11-14(36-23(24,25)26)8-18(31)21(33)29-13(10-27)7-12-5-6-28-20(12)32/h2-4,9,12-14,18,22,30,34H,5-8,11H2,1H3,(H,28,32)(H,29,33)/t12-,13-,14+,18-,22?/m0/s1. The molecule has 2 amide bonds. The maximum atomic E-state index is 13.1. The monoisotopic (exact) mass is 509 g/mol. The van der Waals surface area contributed by atoms with Gasteiger partial charge in [0.05, 0.1) is 31.0 Å². The molecule has 0 saturated carbocycles. The molecule has 36 heavy (non-hydrogen) atoms. The van der Waals surface area contributed by atoms with Crippen molar-refractivity contribution in [2.75, 3.05) is 20.2 Å². The van der Waals surface area contributed by atoms with Crippen LogP contribution in [-0.4, -0.2) is 71.6 Å². The Bertz CT molecular complexity index is 1160. The van der Waals surface area contributed by atoms with E-state index >= 15 is 0 Å². The molecule has 3 heterocycles. The summed E-state index contributed by atoms with van der Waals surface area (Å²) in [6.07, 6.45) is -7.56. The van der Waals surface area contributed by atoms with Crippen LogP contribution in [0.2, 0.25) is 0 Å². The number of fused-ring (bicyclic) bond motifs is 1. The number of aliphatic hydroxyl groups is 1. The van der Waals surface area contributed by atoms with Gasteiger partial charge in [-0.2, -0.15) is 5.26 Å². The number of ether oxygens (including phenoxy) is 2. The lowest BCUT2D eigenvalue weighted by Gasteiger charge is -2.28. The SMILES string of the molecule is COc1cccc2[nH]c(C(O)N3C[C@H](OC(F)(F)F)C[C@H]3C(=O)N[C@H](C#N)C[C@@H]3CCNC3=O)cc12. The van der Waals surface area contributed by atoms with E-state index < -0.39 is 42.6 Å². The number of benzene rings is 1. The molecule has 1 aromatic heterocycles. The number of likely N-dealkylation sites (tertiary alicyclic amines) is 1. The van der Waals surface area contributed by atoms with Gasteiger partial charge in [0.2, 0.25) is 11.8 Å². The number of nitriles is 1. The van der Waals surface area contributed by atoms with E-state index in [1.54, 1.807) is 24.3 Å². The number of hydrogen-bond acceptors (Lipinski definition) is 7. The zero-order valence-electron chi connectivity index (χ0n) is 19.3. The van der Waals surface area contributed by atoms with E-state index in [9.17, 15) is 33.1 Å². The molecule has 0 aliphatic carbocycles. The second-order valence-corrected chi connectivity index (χ2v) is 8.86. The Morgan fingerprint density at radius 1 is 1.42 bits per heavy atom. The van der Waals surface area contributed by atoms with E-state index in [1.807, 2.05) is 6.07 Å². The molecule has 13 heteroatoms. The average Bonchev–Trinajstić information content (AvgIpc) is 3.55. The maximum Gasteiger partial charge on any atom is 0.522 e. The number of alkyl halides is 3. The Morgan fingerprint density at radius 3 is 2.83 bits per heavy atom. The topological polar surface area (TPSA) is 140 Å². The van der Waals surface area contributed by atoms with Crippen molar-refractivity contribution in [3.8, 4) is 11.8 Å². The molecule has 4 N–H and O–H groups in total. The zero-order valence-corrected chi connectivity index (χ0v) is 19.3. The number of aromatic amines is 1. The lowest BCUT2D eigenvalue weighted by molar-refractivity contribution is -0.341. The molecule has 2 saturated heterocycles. The van der Waals surface area contributed by atoms with Crippen LogP contribution in [0.3, 0.4) is 0 Å². The molecular formula is C23H26F3N5O5. The number of hydrogen-bond donors (Lipinski definition) is 4. The van der Waals surface area contributed by atoms with E-state index in [0.29, 0.717) is 29.6 Å². The van der Waals surface area contributed by atoms with Crippen LogP contribution in [-0.2, 0) is 14.3 Å². The molecule has 1 aromatic carbocycles. The third-order valence-electron chi connectivity index (χ3n) is 6.52. The summed E-state index contributed by atoms with van der Waals surface area (Å²) in [6.45, 7) is 0.0947. The van der Waals surface area contributed by atoms with Gasteiger partial charge >= 0.3 is 6.36 Å². The van der Waals surface area contributed by atoms with Crippen molar-refractivity contribution in [2.24, 2.45) is 5.92 Å². The largest absolute Gasteiger partial charge is 0.522 e. The number of aromatic nitrogens is 1. The predicted octanol–water partition coefficient (Wildman–Crippen LogP) is 1.68. The Labute approximate surface area is 204 Å². The summed E-state index contributed by atoms with van der Waals surface area (Å²) in [4.78, 5) is 29.2. The smallest absolute Gasteiger partial charge is 0.496 e. The number of aliphatic hydroxyl groups excluding tert-OH is 1. The van der Waals surface area contributed by atoms with Gasteiger partial charge < -0.3 is 25.5 Å². The normalized spacial score (nSPS) is 24.3. The first kappa shape index (κ1) is 25.7. The Balaban J connectivity index is 1.55. The Kier molecular flexibility index (Phi) is 7.39. The van der Waals surface area contributed by atoms with Gasteiger partial charge in [-0.25, -0.2) is 0 Å². The number of carbonyl (C=O) groups excluding carboxylic acids is 2. The molecule has 4 rings (SSSR count). The highest BCUT2D eigenvalue weighted by Crippen LogP contribution is 2.35. The molecule has 2 fully saturated rings. The van der Waals surface area contributed by atoms with Gasteiger partial charge in [-0.05, 0) is 37.5 Å². The third-order valence-corrected chi connectivity index (χ3v) is 6.52. The summed E-state index contributed by atoms with van der Waals surface area (Å²) in [5.41, 5.74) is 0.880. The van der Waals surface area contributed by atoms with Crippen molar-refractivity contribution in [1.82, 2.24) is 20.5 Å². The van der Waals surface area contributed by atoms with Gasteiger partial charge in [0.1, 0.15) is 18.0 Å². The highest BCUT2D eigenvalue weighted by molar-refractivity contribution is 5.87. The molecule has 2 aliphatic rings. The number of H-pyrrole nitrogens is 1. The van der Waals surface area contributed by atoms with E-state index in [0.717, 1.165) is 0 Å². The number of halogens is 3. The number of methoxy groups -OCH3 is 1. The number of rotatable bonds is 8. The van der Waals surface area contributed by atoms with E-state index in [2.05, 4.69) is 20.4 Å². The summed E-state index contributed by atoms with van der Waals surface area (Å²) in [5, 5.41) is 26.4. The summed E-state index contributed by atoms with van der Waals surface area (Å²) < 4.78 is 48.3. The van der Waals surface area contributed by atoms with Crippen molar-refractivity contribution in [1.29, 1.82) is 5.26 Å². The molecule has 0 spiro atoms. The van der Waals surface area contributed by atoms with Gasteiger partial charge in [0, 0.05) is 29.9 Å². The van der Waals surface area contributed by atoms with Crippen LogP contribution >= 0.6 is 0 Å². The van der Waals surface area contributed by atoms with Gasteiger partial charge in [0.15, 0.2) is 0 Å². The maximum absolute atomic E-state index is 13.1. The second-order valence-electron chi connectivity index (χ2n) is 8.86. The summed E-state index contributed by atoms with van der Waals surface area (Å²) in [5.74, 6) is -0.858. The van der Waals surface area contributed by atoms with Gasteiger partial charge in [-0.15, -0.1) is 13.2 Å². The Morgan fingerprint density at radius 2 is 2.19 bits per heavy atom. The quantitative estimate of drug-likeness (QED) is 0.425. The molecular weight excluding hydrogens is 483 g/mol. The first-order chi connectivity index (χ1) is 17.1. The minimum atomic E-state index is -4.92. The molecule has 5 atom stereocenters. The lowest BCUT2D eigenvalue weighted by atomic mass is 9.98. The number of nitrogens with one attached hydrogen (secondary N) is 3. The molecule has 0 bridgehead atoms. The van der Waals surface area contributed by atoms with Crippen LogP contribution in [0.25, 0.3) is 10.9 Å². The zero-order chi connectivity index (χ0) is 26.0. The number of carbonyl (C=O) groups is 2. The fourth-order valence-electron chi connectivity index (χ4n) is 4.83. The van der Waals surface area contributed by atoms with E-state index in [4.69, 9.17) is 4.74 Å². The van der Waals surface area contributed by atoms with Crippen molar-refractivity contribution in [3.05, 3.63) is 30.0 Å². The minimum absolute atomic E-state index is 0.0770. The van der Waals surface area contributed by atoms with Crippen LogP contribution in [0.15, 0.2) is 24.3 Å². The highest BCUT2D eigenvalue weighted by Gasteiger charge is 2.46. The van der Waals surface area contributed by atoms with Gasteiger partial charge in [-0.1, -0.05) is 6.07 Å². The fraction of sp³-hybridized carbons (Fsp3) is 0.522. The lowest BCUT2D eigenvalue weighted by Crippen LogP contribution is -2.48. The fourth-order valence-corrected chi connectivity index (χ4v) is 4.83. The van der Waals surface area contributed by atoms with E-state index in [-0.39, 0.29) is 31.0 Å². The van der Waals surface area contributed by atoms with Gasteiger partial charge in [-0.3, -0.25) is 19.2 Å². The molecule has 2 aromatic rings. The van der Waals surface area contributed by atoms with Gasteiger partial charge in [0.25, 0.3) is 0 Å². The van der Waals surface area contributed by atoms with E-state index in [1.165, 1.54) is 12.0 Å². The highest BCUT2D eigenvalue weighted by atomic mass is 19.4. The third kappa shape index (κ3) is 5.56.